The van der Waals surface area contributed by atoms with Crippen LogP contribution in [0.4, 0.5) is 5.95 Å². The summed E-state index contributed by atoms with van der Waals surface area (Å²) in [7, 11) is 5.96. The molecule has 1 atom stereocenters. The van der Waals surface area contributed by atoms with Gasteiger partial charge in [0.1, 0.15) is 5.76 Å². The second-order valence-electron chi connectivity index (χ2n) is 8.17. The van der Waals surface area contributed by atoms with Gasteiger partial charge in [-0.2, -0.15) is 0 Å². The van der Waals surface area contributed by atoms with Crippen LogP contribution in [-0.4, -0.2) is 56.8 Å². The minimum atomic E-state index is 0.331. The van der Waals surface area contributed by atoms with Crippen molar-refractivity contribution in [2.45, 2.75) is 39.2 Å². The molecule has 0 unspecified atom stereocenters. The van der Waals surface area contributed by atoms with Crippen LogP contribution in [0.2, 0.25) is 0 Å². The van der Waals surface area contributed by atoms with Crippen LogP contribution in [0.5, 0.6) is 0 Å². The first-order valence-corrected chi connectivity index (χ1v) is 10.1. The second kappa shape index (κ2) is 7.94. The van der Waals surface area contributed by atoms with Gasteiger partial charge in [-0.1, -0.05) is 5.16 Å². The molecular weight excluding hydrogens is 366 g/mol. The molecule has 0 bridgehead atoms. The van der Waals surface area contributed by atoms with Crippen LogP contribution in [-0.2, 0) is 13.6 Å². The zero-order valence-corrected chi connectivity index (χ0v) is 17.9. The summed E-state index contributed by atoms with van der Waals surface area (Å²) >= 11 is 0. The highest BCUT2D eigenvalue weighted by molar-refractivity contribution is 5.70. The fourth-order valence-electron chi connectivity index (χ4n) is 4.17. The molecule has 8 heteroatoms. The number of piperidine rings is 1. The minimum Gasteiger partial charge on any atom is -0.361 e. The first-order valence-electron chi connectivity index (χ1n) is 10.1. The maximum atomic E-state index is 5.44. The van der Waals surface area contributed by atoms with Crippen molar-refractivity contribution in [3.05, 3.63) is 41.6 Å². The maximum Gasteiger partial charge on any atom is 0.225 e. The Labute approximate surface area is 171 Å². The van der Waals surface area contributed by atoms with Gasteiger partial charge in [-0.05, 0) is 33.2 Å². The molecule has 0 spiro atoms. The molecule has 0 amide bonds. The Hall–Kier alpha value is -2.74. The van der Waals surface area contributed by atoms with Gasteiger partial charge >= 0.3 is 0 Å². The summed E-state index contributed by atoms with van der Waals surface area (Å²) in [5.74, 6) is 1.88. The second-order valence-corrected chi connectivity index (χ2v) is 8.17. The fourth-order valence-corrected chi connectivity index (χ4v) is 4.17. The van der Waals surface area contributed by atoms with Gasteiger partial charge in [-0.25, -0.2) is 15.0 Å². The summed E-state index contributed by atoms with van der Waals surface area (Å²) < 4.78 is 7.44. The van der Waals surface area contributed by atoms with Gasteiger partial charge in [0.2, 0.25) is 5.95 Å². The van der Waals surface area contributed by atoms with E-state index in [1.165, 1.54) is 0 Å². The van der Waals surface area contributed by atoms with Gasteiger partial charge in [-0.3, -0.25) is 4.90 Å². The molecule has 8 nitrogen and oxygen atoms in total. The number of aryl methyl sites for hydroxylation is 3. The van der Waals surface area contributed by atoms with E-state index >= 15 is 0 Å². The van der Waals surface area contributed by atoms with Crippen LogP contribution in [0, 0.1) is 13.8 Å². The highest BCUT2D eigenvalue weighted by Gasteiger charge is 2.28. The van der Waals surface area contributed by atoms with Crippen LogP contribution in [0.1, 0.15) is 41.6 Å². The molecule has 3 aromatic rings. The van der Waals surface area contributed by atoms with Crippen LogP contribution in [0.15, 0.2) is 23.2 Å². The summed E-state index contributed by atoms with van der Waals surface area (Å²) in [5, 5.41) is 4.15. The topological polar surface area (TPSA) is 76.1 Å². The number of hydrogen-bond acceptors (Lipinski definition) is 7. The van der Waals surface area contributed by atoms with Crippen LogP contribution < -0.4 is 4.90 Å². The summed E-state index contributed by atoms with van der Waals surface area (Å²) in [6.07, 6.45) is 8.13. The maximum absolute atomic E-state index is 5.44. The van der Waals surface area contributed by atoms with Crippen LogP contribution in [0.25, 0.3) is 11.1 Å². The van der Waals surface area contributed by atoms with E-state index in [-0.39, 0.29) is 0 Å². The largest absolute Gasteiger partial charge is 0.361 e. The third-order valence-electron chi connectivity index (χ3n) is 5.54. The van der Waals surface area contributed by atoms with Crippen molar-refractivity contribution in [3.8, 4) is 11.1 Å². The highest BCUT2D eigenvalue weighted by atomic mass is 16.5. The van der Waals surface area contributed by atoms with Crippen molar-refractivity contribution in [3.63, 3.8) is 0 Å². The summed E-state index contributed by atoms with van der Waals surface area (Å²) in [6.45, 7) is 6.83. The van der Waals surface area contributed by atoms with Crippen LogP contribution in [0.3, 0.4) is 0 Å². The summed E-state index contributed by atoms with van der Waals surface area (Å²) in [4.78, 5) is 18.5. The Morgan fingerprint density at radius 1 is 1.24 bits per heavy atom. The number of imidazole rings is 1. The quantitative estimate of drug-likeness (QED) is 0.657. The fraction of sp³-hybridized carbons (Fsp3) is 0.524. The number of likely N-dealkylation sites (tertiary alicyclic amines) is 1. The van der Waals surface area contributed by atoms with Crippen molar-refractivity contribution < 1.29 is 4.52 Å². The predicted molar refractivity (Wildman–Crippen MR) is 112 cm³/mol. The number of rotatable bonds is 5. The number of anilines is 1. The molecular formula is C21H29N7O. The SMILES string of the molecule is Cc1noc(C)c1-c1cnc(N(C)C)nc1[C@@H]1CCCN(Cc2cn(C)cn2)C1. The van der Waals surface area contributed by atoms with Gasteiger partial charge in [0.25, 0.3) is 0 Å². The van der Waals surface area contributed by atoms with Crippen molar-refractivity contribution >= 4 is 5.95 Å². The molecule has 4 rings (SSSR count). The Morgan fingerprint density at radius 3 is 2.72 bits per heavy atom. The average Bonchev–Trinajstić information content (AvgIpc) is 3.26. The first-order chi connectivity index (χ1) is 13.9. The van der Waals surface area contributed by atoms with Crippen LogP contribution >= 0.6 is 0 Å². The van der Waals surface area contributed by atoms with E-state index < -0.39 is 0 Å². The Morgan fingerprint density at radius 2 is 2.07 bits per heavy atom. The molecule has 1 fully saturated rings. The lowest BCUT2D eigenvalue weighted by Crippen LogP contribution is -2.34. The van der Waals surface area contributed by atoms with E-state index in [4.69, 9.17) is 9.51 Å². The molecule has 29 heavy (non-hydrogen) atoms. The van der Waals surface area contributed by atoms with Gasteiger partial charge in [-0.15, -0.1) is 0 Å². The molecule has 1 saturated heterocycles. The minimum absolute atomic E-state index is 0.331. The van der Waals surface area contributed by atoms with E-state index in [9.17, 15) is 0 Å². The zero-order valence-electron chi connectivity index (χ0n) is 17.9. The third kappa shape index (κ3) is 4.03. The number of hydrogen-bond donors (Lipinski definition) is 0. The van der Waals surface area contributed by atoms with E-state index in [0.29, 0.717) is 5.92 Å². The molecule has 0 aromatic carbocycles. The molecule has 154 valence electrons. The lowest BCUT2D eigenvalue weighted by atomic mass is 9.89. The van der Waals surface area contributed by atoms with Gasteiger partial charge < -0.3 is 14.0 Å². The lowest BCUT2D eigenvalue weighted by Gasteiger charge is -2.33. The molecule has 0 aliphatic carbocycles. The number of aromatic nitrogens is 5. The van der Waals surface area contributed by atoms with Crippen molar-refractivity contribution in [1.29, 1.82) is 0 Å². The van der Waals surface area contributed by atoms with E-state index in [2.05, 4.69) is 26.2 Å². The third-order valence-corrected chi connectivity index (χ3v) is 5.54. The van der Waals surface area contributed by atoms with Crippen molar-refractivity contribution in [2.75, 3.05) is 32.1 Å². The number of nitrogens with zero attached hydrogens (tertiary/aromatic N) is 7. The van der Waals surface area contributed by atoms with E-state index in [1.807, 2.05) is 57.0 Å². The average molecular weight is 396 g/mol. The molecule has 4 heterocycles. The lowest BCUT2D eigenvalue weighted by molar-refractivity contribution is 0.197. The normalized spacial score (nSPS) is 17.6. The highest BCUT2D eigenvalue weighted by Crippen LogP contribution is 2.36. The standard InChI is InChI=1S/C21H29N7O/c1-14-19(15(2)29-25-14)18-9-22-21(26(3)4)24-20(18)16-7-6-8-28(10-16)12-17-11-27(5)13-23-17/h9,11,13,16H,6-8,10,12H2,1-5H3/t16-/m1/s1. The van der Waals surface area contributed by atoms with Gasteiger partial charge in [0.15, 0.2) is 0 Å². The Bertz CT molecular complexity index is 971. The van der Waals surface area contributed by atoms with E-state index in [1.54, 1.807) is 0 Å². The molecule has 3 aromatic heterocycles. The van der Waals surface area contributed by atoms with E-state index in [0.717, 1.165) is 72.4 Å². The van der Waals surface area contributed by atoms with Crippen molar-refractivity contribution in [1.82, 2.24) is 29.6 Å². The Balaban J connectivity index is 1.67. The summed E-state index contributed by atoms with van der Waals surface area (Å²) in [5.41, 5.74) is 5.13. The molecule has 1 aliphatic rings. The molecule has 1 aliphatic heterocycles. The molecule has 0 N–H and O–H groups in total. The first kappa shape index (κ1) is 19.6. The smallest absolute Gasteiger partial charge is 0.225 e. The van der Waals surface area contributed by atoms with Gasteiger partial charge in [0, 0.05) is 58.1 Å². The molecule has 0 saturated carbocycles. The monoisotopic (exact) mass is 395 g/mol. The van der Waals surface area contributed by atoms with Gasteiger partial charge in [0.05, 0.1) is 29.0 Å². The predicted octanol–water partition coefficient (Wildman–Crippen LogP) is 2.93. The van der Waals surface area contributed by atoms with Crippen molar-refractivity contribution in [2.24, 2.45) is 7.05 Å². The summed E-state index contributed by atoms with van der Waals surface area (Å²) in [6, 6.07) is 0. The molecule has 0 radical (unpaired) electrons. The Kier molecular flexibility index (Phi) is 5.36. The zero-order chi connectivity index (χ0) is 20.5.